The van der Waals surface area contributed by atoms with Crippen LogP contribution >= 0.6 is 22.6 Å². The van der Waals surface area contributed by atoms with Crippen molar-refractivity contribution in [1.82, 2.24) is 0 Å². The standard InChI is InChI=1S/C27H35IO5/c1-31-26(29)23(14-5-3-4-10-18-28)20-22-13-7-9-17-25(22)33-19-11-15-21-12-6-8-16-24(21)27(30)32-2/h6-9,12-13,16-17,23H,3-5,10-11,14-15,18-20H2,1-2H3. The quantitative estimate of drug-likeness (QED) is 0.111. The molecule has 33 heavy (non-hydrogen) atoms. The van der Waals surface area contributed by atoms with Gasteiger partial charge in [-0.3, -0.25) is 4.79 Å². The summed E-state index contributed by atoms with van der Waals surface area (Å²) in [4.78, 5) is 24.3. The highest BCUT2D eigenvalue weighted by Gasteiger charge is 2.21. The van der Waals surface area contributed by atoms with Crippen molar-refractivity contribution in [3.8, 4) is 5.75 Å². The van der Waals surface area contributed by atoms with Gasteiger partial charge in [0, 0.05) is 0 Å². The van der Waals surface area contributed by atoms with Crippen molar-refractivity contribution in [2.75, 3.05) is 25.3 Å². The summed E-state index contributed by atoms with van der Waals surface area (Å²) in [7, 11) is 2.85. The van der Waals surface area contributed by atoms with E-state index in [2.05, 4.69) is 22.6 Å². The number of benzene rings is 2. The van der Waals surface area contributed by atoms with Gasteiger partial charge in [0.25, 0.3) is 0 Å². The smallest absolute Gasteiger partial charge is 0.338 e. The van der Waals surface area contributed by atoms with Crippen LogP contribution in [0.25, 0.3) is 0 Å². The van der Waals surface area contributed by atoms with Crippen LogP contribution in [-0.4, -0.2) is 37.2 Å². The van der Waals surface area contributed by atoms with E-state index in [9.17, 15) is 9.59 Å². The van der Waals surface area contributed by atoms with Crippen LogP contribution < -0.4 is 4.74 Å². The Labute approximate surface area is 211 Å². The second kappa shape index (κ2) is 15.7. The van der Waals surface area contributed by atoms with E-state index in [1.807, 2.05) is 42.5 Å². The van der Waals surface area contributed by atoms with Gasteiger partial charge in [0.2, 0.25) is 0 Å². The molecule has 0 fully saturated rings. The number of ether oxygens (including phenoxy) is 3. The van der Waals surface area contributed by atoms with Crippen LogP contribution in [0.1, 0.15) is 60.0 Å². The number of halogens is 1. The third kappa shape index (κ3) is 9.35. The topological polar surface area (TPSA) is 61.8 Å². The molecule has 1 unspecified atom stereocenters. The number of esters is 2. The lowest BCUT2D eigenvalue weighted by atomic mass is 9.93. The Morgan fingerprint density at radius 1 is 0.848 bits per heavy atom. The Hall–Kier alpha value is -2.09. The van der Waals surface area contributed by atoms with E-state index < -0.39 is 0 Å². The van der Waals surface area contributed by atoms with E-state index in [1.165, 1.54) is 31.5 Å². The molecule has 0 aliphatic rings. The molecule has 0 aliphatic carbocycles. The Balaban J connectivity index is 1.93. The number of methoxy groups -OCH3 is 2. The first-order chi connectivity index (χ1) is 16.1. The molecule has 0 aromatic heterocycles. The third-order valence-corrected chi connectivity index (χ3v) is 6.44. The molecule has 0 aliphatic heterocycles. The molecule has 6 heteroatoms. The number of hydrogen-bond donors (Lipinski definition) is 0. The minimum atomic E-state index is -0.319. The Morgan fingerprint density at radius 3 is 2.27 bits per heavy atom. The highest BCUT2D eigenvalue weighted by atomic mass is 127. The predicted molar refractivity (Wildman–Crippen MR) is 139 cm³/mol. The van der Waals surface area contributed by atoms with Crippen molar-refractivity contribution in [2.24, 2.45) is 5.92 Å². The highest BCUT2D eigenvalue weighted by molar-refractivity contribution is 14.1. The molecule has 2 aromatic rings. The fraction of sp³-hybridized carbons (Fsp3) is 0.481. The zero-order valence-electron chi connectivity index (χ0n) is 19.7. The van der Waals surface area contributed by atoms with E-state index in [1.54, 1.807) is 6.07 Å². The normalized spacial score (nSPS) is 11.6. The average Bonchev–Trinajstić information content (AvgIpc) is 2.85. The first-order valence-corrected chi connectivity index (χ1v) is 13.1. The molecule has 0 amide bonds. The van der Waals surface area contributed by atoms with Crippen LogP contribution in [0.5, 0.6) is 5.75 Å². The monoisotopic (exact) mass is 566 g/mol. The van der Waals surface area contributed by atoms with E-state index >= 15 is 0 Å². The van der Waals surface area contributed by atoms with Gasteiger partial charge in [-0.15, -0.1) is 0 Å². The van der Waals surface area contributed by atoms with Crippen LogP contribution in [0.2, 0.25) is 0 Å². The number of rotatable bonds is 15. The van der Waals surface area contributed by atoms with Gasteiger partial charge in [0.15, 0.2) is 0 Å². The number of aryl methyl sites for hydroxylation is 1. The zero-order chi connectivity index (χ0) is 23.9. The molecule has 0 saturated carbocycles. The molecule has 2 aromatic carbocycles. The summed E-state index contributed by atoms with van der Waals surface area (Å²) < 4.78 is 17.2. The second-order valence-electron chi connectivity index (χ2n) is 8.02. The summed E-state index contributed by atoms with van der Waals surface area (Å²) in [5.41, 5.74) is 2.57. The third-order valence-electron chi connectivity index (χ3n) is 5.68. The fourth-order valence-corrected chi connectivity index (χ4v) is 4.42. The maximum absolute atomic E-state index is 12.4. The van der Waals surface area contributed by atoms with Crippen molar-refractivity contribution < 1.29 is 23.8 Å². The minimum absolute atomic E-state index is 0.155. The molecule has 0 heterocycles. The van der Waals surface area contributed by atoms with Gasteiger partial charge in [0.05, 0.1) is 32.3 Å². The molecule has 0 spiro atoms. The lowest BCUT2D eigenvalue weighted by Gasteiger charge is -2.17. The molecular formula is C27H35IO5. The van der Waals surface area contributed by atoms with Gasteiger partial charge < -0.3 is 14.2 Å². The van der Waals surface area contributed by atoms with Gasteiger partial charge in [-0.25, -0.2) is 4.79 Å². The maximum atomic E-state index is 12.4. The first-order valence-electron chi connectivity index (χ1n) is 11.6. The molecule has 1 atom stereocenters. The van der Waals surface area contributed by atoms with Crippen molar-refractivity contribution >= 4 is 34.5 Å². The van der Waals surface area contributed by atoms with Gasteiger partial charge >= 0.3 is 11.9 Å². The van der Waals surface area contributed by atoms with E-state index in [4.69, 9.17) is 14.2 Å². The number of carbonyl (C=O) groups excluding carboxylic acids is 2. The summed E-state index contributed by atoms with van der Waals surface area (Å²) in [6.07, 6.45) is 7.52. The Kier molecular flexibility index (Phi) is 12.9. The predicted octanol–water partition coefficient (Wildman–Crippen LogP) is 6.20. The van der Waals surface area contributed by atoms with Crippen LogP contribution in [0, 0.1) is 5.92 Å². The molecular weight excluding hydrogens is 531 g/mol. The molecule has 0 bridgehead atoms. The largest absolute Gasteiger partial charge is 0.493 e. The van der Waals surface area contributed by atoms with E-state index in [0.717, 1.165) is 49.0 Å². The van der Waals surface area contributed by atoms with Crippen LogP contribution in [0.4, 0.5) is 0 Å². The molecule has 0 N–H and O–H groups in total. The summed E-state index contributed by atoms with van der Waals surface area (Å²) in [5.74, 6) is 0.168. The van der Waals surface area contributed by atoms with E-state index in [0.29, 0.717) is 18.6 Å². The molecule has 180 valence electrons. The summed E-state index contributed by atoms with van der Waals surface area (Å²) in [6.45, 7) is 0.520. The lowest BCUT2D eigenvalue weighted by molar-refractivity contribution is -0.145. The van der Waals surface area contributed by atoms with Crippen LogP contribution in [-0.2, 0) is 27.1 Å². The minimum Gasteiger partial charge on any atom is -0.493 e. The molecule has 2 rings (SSSR count). The summed E-state index contributed by atoms with van der Waals surface area (Å²) in [6, 6.07) is 15.4. The lowest BCUT2D eigenvalue weighted by Crippen LogP contribution is -2.19. The Morgan fingerprint density at radius 2 is 1.55 bits per heavy atom. The molecule has 5 nitrogen and oxygen atoms in total. The molecule has 0 radical (unpaired) electrons. The van der Waals surface area contributed by atoms with Gasteiger partial charge in [0.1, 0.15) is 5.75 Å². The average molecular weight is 566 g/mol. The van der Waals surface area contributed by atoms with Crippen LogP contribution in [0.3, 0.4) is 0 Å². The number of alkyl halides is 1. The first kappa shape index (κ1) is 27.2. The van der Waals surface area contributed by atoms with Crippen molar-refractivity contribution in [2.45, 2.75) is 51.4 Å². The zero-order valence-corrected chi connectivity index (χ0v) is 21.8. The number of carbonyl (C=O) groups is 2. The number of para-hydroxylation sites is 1. The summed E-state index contributed by atoms with van der Waals surface area (Å²) >= 11 is 2.40. The van der Waals surface area contributed by atoms with Crippen molar-refractivity contribution in [1.29, 1.82) is 0 Å². The fourth-order valence-electron chi connectivity index (χ4n) is 3.88. The molecule has 0 saturated heterocycles. The van der Waals surface area contributed by atoms with Gasteiger partial charge in [-0.05, 0) is 59.8 Å². The SMILES string of the molecule is COC(=O)c1ccccc1CCCOc1ccccc1CC(CCCCCCI)C(=O)OC. The van der Waals surface area contributed by atoms with Gasteiger partial charge in [-0.2, -0.15) is 0 Å². The number of hydrogen-bond acceptors (Lipinski definition) is 5. The highest BCUT2D eigenvalue weighted by Crippen LogP contribution is 2.25. The van der Waals surface area contributed by atoms with Crippen molar-refractivity contribution in [3.05, 3.63) is 65.2 Å². The second-order valence-corrected chi connectivity index (χ2v) is 9.10. The Bertz CT molecular complexity index is 867. The van der Waals surface area contributed by atoms with Crippen molar-refractivity contribution in [3.63, 3.8) is 0 Å². The number of unbranched alkanes of at least 4 members (excludes halogenated alkanes) is 3. The maximum Gasteiger partial charge on any atom is 0.338 e. The summed E-state index contributed by atoms with van der Waals surface area (Å²) in [5, 5.41) is 0. The van der Waals surface area contributed by atoms with Gasteiger partial charge in [-0.1, -0.05) is 78.3 Å². The van der Waals surface area contributed by atoms with E-state index in [-0.39, 0.29) is 17.9 Å². The van der Waals surface area contributed by atoms with Crippen LogP contribution in [0.15, 0.2) is 48.5 Å².